The summed E-state index contributed by atoms with van der Waals surface area (Å²) in [4.78, 5) is 0. The smallest absolute Gasteiger partial charge is 0.0870 e. The van der Waals surface area contributed by atoms with E-state index in [-0.39, 0.29) is 12.2 Å². The van der Waals surface area contributed by atoms with Gasteiger partial charge in [0.15, 0.2) is 0 Å². The zero-order valence-electron chi connectivity index (χ0n) is 21.0. The van der Waals surface area contributed by atoms with Crippen molar-refractivity contribution in [2.75, 3.05) is 20.4 Å². The zero-order chi connectivity index (χ0) is 24.7. The maximum Gasteiger partial charge on any atom is 0.0870 e. The van der Waals surface area contributed by atoms with Gasteiger partial charge in [-0.1, -0.05) is 121 Å². The summed E-state index contributed by atoms with van der Waals surface area (Å²) in [7, 11) is 2.61. The molecular weight excluding hydrogens is 478 g/mol. The average Bonchev–Trinajstić information content (AvgIpc) is 3.30. The van der Waals surface area contributed by atoms with Crippen molar-refractivity contribution in [3.63, 3.8) is 0 Å². The Labute approximate surface area is 218 Å². The molecule has 0 radical (unpaired) electrons. The third-order valence-corrected chi connectivity index (χ3v) is 12.9. The van der Waals surface area contributed by atoms with Gasteiger partial charge in [-0.25, -0.2) is 0 Å². The van der Waals surface area contributed by atoms with Gasteiger partial charge in [-0.2, -0.15) is 0 Å². The van der Waals surface area contributed by atoms with Crippen molar-refractivity contribution in [2.24, 2.45) is 5.92 Å². The van der Waals surface area contributed by atoms with Crippen LogP contribution in [0.4, 0.5) is 0 Å². The van der Waals surface area contributed by atoms with Gasteiger partial charge in [0.25, 0.3) is 0 Å². The molecule has 36 heavy (non-hydrogen) atoms. The highest BCUT2D eigenvalue weighted by Gasteiger charge is 2.48. The number of rotatable bonds is 9. The molecule has 2 nitrogen and oxygen atoms in total. The topological polar surface area (TPSA) is 18.5 Å². The molecule has 0 aromatic heterocycles. The minimum absolute atomic E-state index is 0.0786. The number of methoxy groups -OCH3 is 2. The Morgan fingerprint density at radius 3 is 1.39 bits per heavy atom. The number of ether oxygens (including phenoxy) is 2. The van der Waals surface area contributed by atoms with Crippen LogP contribution in [0, 0.1) is 5.92 Å². The van der Waals surface area contributed by atoms with Gasteiger partial charge in [-0.15, -0.1) is 0 Å². The van der Waals surface area contributed by atoms with Gasteiger partial charge in [0.2, 0.25) is 0 Å². The Kier molecular flexibility index (Phi) is 8.63. The summed E-state index contributed by atoms with van der Waals surface area (Å²) in [6.45, 7) is 0. The molecule has 0 bridgehead atoms. The van der Waals surface area contributed by atoms with Gasteiger partial charge in [0, 0.05) is 14.2 Å². The predicted octanol–water partition coefficient (Wildman–Crippen LogP) is 5.67. The fourth-order valence-corrected chi connectivity index (χ4v) is 11.6. The van der Waals surface area contributed by atoms with Gasteiger partial charge in [0.1, 0.15) is 0 Å². The van der Waals surface area contributed by atoms with E-state index in [9.17, 15) is 0 Å². The van der Waals surface area contributed by atoms with Gasteiger partial charge >= 0.3 is 0 Å². The molecule has 0 N–H and O–H groups in total. The molecule has 4 heteroatoms. The lowest BCUT2D eigenvalue weighted by atomic mass is 10.1. The lowest BCUT2D eigenvalue weighted by molar-refractivity contribution is -0.0305. The van der Waals surface area contributed by atoms with E-state index in [0.29, 0.717) is 11.6 Å². The maximum atomic E-state index is 6.25. The number of hydrogen-bond donors (Lipinski definition) is 0. The molecule has 0 spiro atoms. The average molecular weight is 513 g/mol. The third kappa shape index (κ3) is 5.49. The van der Waals surface area contributed by atoms with Crippen LogP contribution in [0.2, 0.25) is 0 Å². The zero-order valence-corrected chi connectivity index (χ0v) is 22.8. The second-order valence-corrected chi connectivity index (χ2v) is 14.0. The van der Waals surface area contributed by atoms with Crippen LogP contribution in [-0.2, 0) is 9.47 Å². The van der Waals surface area contributed by atoms with Crippen LogP contribution in [0.5, 0.6) is 0 Å². The first kappa shape index (κ1) is 25.3. The number of hydrogen-bond acceptors (Lipinski definition) is 2. The van der Waals surface area contributed by atoms with Crippen LogP contribution in [-0.4, -0.2) is 38.2 Å². The van der Waals surface area contributed by atoms with E-state index < -0.39 is 15.8 Å². The van der Waals surface area contributed by atoms with E-state index in [1.165, 1.54) is 21.2 Å². The van der Waals surface area contributed by atoms with Crippen LogP contribution >= 0.6 is 15.8 Å². The Morgan fingerprint density at radius 2 is 1.00 bits per heavy atom. The van der Waals surface area contributed by atoms with E-state index in [2.05, 4.69) is 121 Å². The van der Waals surface area contributed by atoms with Gasteiger partial charge in [0.05, 0.1) is 12.2 Å². The van der Waals surface area contributed by atoms with Crippen LogP contribution in [0.25, 0.3) is 0 Å². The largest absolute Gasteiger partial charge is 0.379 e. The van der Waals surface area contributed by atoms with E-state index in [0.717, 1.165) is 12.6 Å². The van der Waals surface area contributed by atoms with Crippen LogP contribution in [0.15, 0.2) is 121 Å². The van der Waals surface area contributed by atoms with Crippen molar-refractivity contribution in [1.29, 1.82) is 0 Å². The molecule has 0 heterocycles. The predicted molar refractivity (Wildman–Crippen MR) is 156 cm³/mol. The molecule has 1 fully saturated rings. The summed E-state index contributed by atoms with van der Waals surface area (Å²) in [5, 5.41) is 5.72. The van der Waals surface area contributed by atoms with Crippen LogP contribution < -0.4 is 21.2 Å². The summed E-state index contributed by atoms with van der Waals surface area (Å²) < 4.78 is 12.3. The Bertz CT molecular complexity index is 1110. The monoisotopic (exact) mass is 512 g/mol. The summed E-state index contributed by atoms with van der Waals surface area (Å²) >= 11 is 0. The lowest BCUT2D eigenvalue weighted by Gasteiger charge is -2.34. The van der Waals surface area contributed by atoms with Crippen LogP contribution in [0.3, 0.4) is 0 Å². The highest BCUT2D eigenvalue weighted by molar-refractivity contribution is 7.74. The van der Waals surface area contributed by atoms with E-state index in [4.69, 9.17) is 9.47 Å². The van der Waals surface area contributed by atoms with E-state index in [1.807, 2.05) is 14.2 Å². The Morgan fingerprint density at radius 1 is 0.583 bits per heavy atom. The summed E-state index contributed by atoms with van der Waals surface area (Å²) in [6, 6.07) is 44.3. The molecule has 0 saturated heterocycles. The normalized spacial score (nSPS) is 21.8. The molecule has 0 amide bonds. The van der Waals surface area contributed by atoms with Crippen molar-refractivity contribution in [1.82, 2.24) is 0 Å². The summed E-state index contributed by atoms with van der Waals surface area (Å²) in [6.07, 6.45) is 2.29. The molecule has 4 aromatic rings. The first-order valence-electron chi connectivity index (χ1n) is 12.6. The standard InChI is InChI=1S/C32H34O2P2/c1-33-30-23-31(36(27-19-11-5-12-20-27)28-21-13-6-14-22-28)29(32(30)34-2)24-35(25-15-7-3-8-16-25)26-17-9-4-10-18-26/h3-22,29-32H,23-24H2,1-2H3/t29-,30-,31+,32-/m0/s1. The minimum Gasteiger partial charge on any atom is -0.379 e. The molecule has 184 valence electrons. The second kappa shape index (κ2) is 12.3. The quantitative estimate of drug-likeness (QED) is 0.269. The molecule has 1 aliphatic rings. The van der Waals surface area contributed by atoms with Crippen molar-refractivity contribution in [3.05, 3.63) is 121 Å². The second-order valence-electron chi connectivity index (χ2n) is 9.26. The van der Waals surface area contributed by atoms with Crippen molar-refractivity contribution in [3.8, 4) is 0 Å². The first-order chi connectivity index (χ1) is 17.8. The number of benzene rings is 4. The summed E-state index contributed by atoms with van der Waals surface area (Å²) in [5.41, 5.74) is 0.470. The van der Waals surface area contributed by atoms with Gasteiger partial charge in [-0.3, -0.25) is 0 Å². The molecule has 1 saturated carbocycles. The van der Waals surface area contributed by atoms with Crippen molar-refractivity contribution >= 4 is 37.1 Å². The van der Waals surface area contributed by atoms with Crippen LogP contribution in [0.1, 0.15) is 6.42 Å². The molecule has 0 unspecified atom stereocenters. The molecule has 5 rings (SSSR count). The molecular formula is C32H34O2P2. The van der Waals surface area contributed by atoms with Gasteiger partial charge < -0.3 is 9.47 Å². The lowest BCUT2D eigenvalue weighted by Crippen LogP contribution is -2.35. The van der Waals surface area contributed by atoms with Crippen molar-refractivity contribution < 1.29 is 9.47 Å². The fraction of sp³-hybridized carbons (Fsp3) is 0.250. The minimum atomic E-state index is -0.574. The highest BCUT2D eigenvalue weighted by atomic mass is 31.1. The SMILES string of the molecule is CO[C@H]1[C@@H](CP(c2ccccc2)c2ccccc2)[C@H](P(c2ccccc2)c2ccccc2)C[C@@H]1OC. The Balaban J connectivity index is 1.59. The van der Waals surface area contributed by atoms with E-state index >= 15 is 0 Å². The molecule has 1 aliphatic carbocycles. The van der Waals surface area contributed by atoms with Gasteiger partial charge in [-0.05, 0) is 61.2 Å². The van der Waals surface area contributed by atoms with Crippen molar-refractivity contribution in [2.45, 2.75) is 24.3 Å². The summed E-state index contributed by atoms with van der Waals surface area (Å²) in [5.74, 6) is 0.387. The maximum absolute atomic E-state index is 6.25. The fourth-order valence-electron chi connectivity index (χ4n) is 5.62. The Hall–Kier alpha value is -2.34. The van der Waals surface area contributed by atoms with E-state index in [1.54, 1.807) is 0 Å². The molecule has 4 aromatic carbocycles. The molecule has 0 aliphatic heterocycles. The first-order valence-corrected chi connectivity index (χ1v) is 15.6. The highest BCUT2D eigenvalue weighted by Crippen LogP contribution is 2.54. The molecule has 4 atom stereocenters. The third-order valence-electron chi connectivity index (χ3n) is 7.26.